The number of amides is 1. The van der Waals surface area contributed by atoms with Gasteiger partial charge < -0.3 is 5.32 Å². The van der Waals surface area contributed by atoms with Gasteiger partial charge in [0.05, 0.1) is 21.0 Å². The maximum absolute atomic E-state index is 13.1. The van der Waals surface area contributed by atoms with Crippen molar-refractivity contribution in [2.45, 2.75) is 17.9 Å². The molecule has 2 aromatic carbocycles. The van der Waals surface area contributed by atoms with Crippen LogP contribution >= 0.6 is 34.5 Å². The number of halogens is 2. The molecule has 0 bridgehead atoms. The molecular formula is C19H17Cl2N3O3S2. The Hall–Kier alpha value is -2.13. The first kappa shape index (κ1) is 21.6. The van der Waals surface area contributed by atoms with Crippen LogP contribution in [0, 0.1) is 0 Å². The van der Waals surface area contributed by atoms with Crippen molar-refractivity contribution in [2.24, 2.45) is 0 Å². The minimum absolute atomic E-state index is 0.0838. The molecule has 10 heteroatoms. The SMILES string of the molecule is CC(NC(=O)CN(c1nccs1)S(=O)(=O)c1ccccc1)c1ccc(Cl)c(Cl)c1. The monoisotopic (exact) mass is 469 g/mol. The second kappa shape index (κ2) is 9.13. The molecule has 0 saturated heterocycles. The molecule has 1 aromatic heterocycles. The molecule has 0 spiro atoms. The molecule has 3 aromatic rings. The molecule has 29 heavy (non-hydrogen) atoms. The van der Waals surface area contributed by atoms with Crippen molar-refractivity contribution in [2.75, 3.05) is 10.8 Å². The summed E-state index contributed by atoms with van der Waals surface area (Å²) in [6.45, 7) is 1.37. The first-order valence-corrected chi connectivity index (χ1v) is 11.6. The number of sulfonamides is 1. The maximum Gasteiger partial charge on any atom is 0.266 e. The van der Waals surface area contributed by atoms with Crippen LogP contribution in [-0.4, -0.2) is 25.9 Å². The highest BCUT2D eigenvalue weighted by Gasteiger charge is 2.29. The van der Waals surface area contributed by atoms with Crippen molar-refractivity contribution in [3.05, 3.63) is 75.7 Å². The Morgan fingerprint density at radius 3 is 2.52 bits per heavy atom. The topological polar surface area (TPSA) is 79.4 Å². The minimum Gasteiger partial charge on any atom is -0.348 e. The van der Waals surface area contributed by atoms with Crippen LogP contribution in [0.15, 0.2) is 65.0 Å². The Kier molecular flexibility index (Phi) is 6.79. The number of benzene rings is 2. The van der Waals surface area contributed by atoms with Crippen LogP contribution in [0.5, 0.6) is 0 Å². The molecule has 0 aliphatic heterocycles. The van der Waals surface area contributed by atoms with E-state index in [1.807, 2.05) is 0 Å². The minimum atomic E-state index is -3.95. The third-order valence-corrected chi connectivity index (χ3v) is 7.47. The Morgan fingerprint density at radius 1 is 1.17 bits per heavy atom. The first-order valence-electron chi connectivity index (χ1n) is 8.50. The van der Waals surface area contributed by atoms with Gasteiger partial charge in [-0.15, -0.1) is 11.3 Å². The van der Waals surface area contributed by atoms with E-state index in [9.17, 15) is 13.2 Å². The summed E-state index contributed by atoms with van der Waals surface area (Å²) in [5, 5.41) is 5.45. The lowest BCUT2D eigenvalue weighted by Crippen LogP contribution is -2.41. The summed E-state index contributed by atoms with van der Waals surface area (Å²) in [4.78, 5) is 16.8. The fraction of sp³-hybridized carbons (Fsp3) is 0.158. The summed E-state index contributed by atoms with van der Waals surface area (Å²) in [5.74, 6) is -0.474. The molecule has 0 radical (unpaired) electrons. The summed E-state index contributed by atoms with van der Waals surface area (Å²) in [6, 6.07) is 12.6. The van der Waals surface area contributed by atoms with Crippen LogP contribution in [0.2, 0.25) is 10.0 Å². The number of nitrogens with zero attached hydrogens (tertiary/aromatic N) is 2. The van der Waals surface area contributed by atoms with Gasteiger partial charge in [-0.2, -0.15) is 0 Å². The third kappa shape index (κ3) is 5.08. The molecule has 6 nitrogen and oxygen atoms in total. The van der Waals surface area contributed by atoms with E-state index in [4.69, 9.17) is 23.2 Å². The summed E-state index contributed by atoms with van der Waals surface area (Å²) in [7, 11) is -3.95. The fourth-order valence-electron chi connectivity index (χ4n) is 2.60. The van der Waals surface area contributed by atoms with E-state index in [0.717, 1.165) is 21.2 Å². The Morgan fingerprint density at radius 2 is 1.90 bits per heavy atom. The van der Waals surface area contributed by atoms with Crippen molar-refractivity contribution in [3.8, 4) is 0 Å². The lowest BCUT2D eigenvalue weighted by atomic mass is 10.1. The molecule has 1 heterocycles. The van der Waals surface area contributed by atoms with E-state index >= 15 is 0 Å². The van der Waals surface area contributed by atoms with Crippen molar-refractivity contribution >= 4 is 55.6 Å². The standard InChI is InChI=1S/C19H17Cl2N3O3S2/c1-13(14-7-8-16(20)17(21)11-14)23-18(25)12-24(19-22-9-10-28-19)29(26,27)15-5-3-2-4-6-15/h2-11,13H,12H2,1H3,(H,23,25). The van der Waals surface area contributed by atoms with Crippen molar-refractivity contribution in [3.63, 3.8) is 0 Å². The van der Waals surface area contributed by atoms with Gasteiger partial charge in [0, 0.05) is 11.6 Å². The molecule has 0 fully saturated rings. The van der Waals surface area contributed by atoms with Crippen LogP contribution in [0.1, 0.15) is 18.5 Å². The van der Waals surface area contributed by atoms with E-state index in [2.05, 4.69) is 10.3 Å². The number of thiazole rings is 1. The zero-order valence-electron chi connectivity index (χ0n) is 15.2. The lowest BCUT2D eigenvalue weighted by Gasteiger charge is -2.22. The summed E-state index contributed by atoms with van der Waals surface area (Å²) < 4.78 is 27.2. The van der Waals surface area contributed by atoms with Gasteiger partial charge in [-0.05, 0) is 36.8 Å². The van der Waals surface area contributed by atoms with E-state index in [1.165, 1.54) is 18.3 Å². The molecule has 1 unspecified atom stereocenters. The number of carbonyl (C=O) groups is 1. The smallest absolute Gasteiger partial charge is 0.266 e. The summed E-state index contributed by atoms with van der Waals surface area (Å²) in [6.07, 6.45) is 1.49. The number of anilines is 1. The molecule has 1 atom stereocenters. The normalized spacial score (nSPS) is 12.4. The Balaban J connectivity index is 1.81. The van der Waals surface area contributed by atoms with Gasteiger partial charge in [0.2, 0.25) is 5.91 Å². The lowest BCUT2D eigenvalue weighted by molar-refractivity contribution is -0.120. The van der Waals surface area contributed by atoms with Gasteiger partial charge >= 0.3 is 0 Å². The van der Waals surface area contributed by atoms with Crippen LogP contribution in [0.4, 0.5) is 5.13 Å². The van der Waals surface area contributed by atoms with Crippen LogP contribution in [0.3, 0.4) is 0 Å². The number of hydrogen-bond donors (Lipinski definition) is 1. The summed E-state index contributed by atoms with van der Waals surface area (Å²) in [5.41, 5.74) is 0.750. The highest BCUT2D eigenvalue weighted by molar-refractivity contribution is 7.93. The van der Waals surface area contributed by atoms with E-state index < -0.39 is 28.5 Å². The van der Waals surface area contributed by atoms with E-state index in [1.54, 1.807) is 48.7 Å². The maximum atomic E-state index is 13.1. The van der Waals surface area contributed by atoms with Crippen LogP contribution in [0.25, 0.3) is 0 Å². The molecule has 0 saturated carbocycles. The molecule has 3 rings (SSSR count). The van der Waals surface area contributed by atoms with Gasteiger partial charge in [-0.25, -0.2) is 17.7 Å². The molecule has 0 aliphatic carbocycles. The van der Waals surface area contributed by atoms with Gasteiger partial charge in [0.15, 0.2) is 5.13 Å². The van der Waals surface area contributed by atoms with Gasteiger partial charge in [0.1, 0.15) is 6.54 Å². The van der Waals surface area contributed by atoms with Crippen molar-refractivity contribution in [1.29, 1.82) is 0 Å². The number of hydrogen-bond acceptors (Lipinski definition) is 5. The second-order valence-corrected chi connectivity index (χ2v) is 9.65. The highest BCUT2D eigenvalue weighted by Crippen LogP contribution is 2.27. The van der Waals surface area contributed by atoms with Crippen LogP contribution in [-0.2, 0) is 14.8 Å². The molecule has 1 N–H and O–H groups in total. The number of nitrogens with one attached hydrogen (secondary N) is 1. The third-order valence-electron chi connectivity index (χ3n) is 4.07. The Bertz CT molecular complexity index is 1090. The predicted octanol–water partition coefficient (Wildman–Crippen LogP) is 4.52. The quantitative estimate of drug-likeness (QED) is 0.551. The van der Waals surface area contributed by atoms with Crippen molar-refractivity contribution in [1.82, 2.24) is 10.3 Å². The predicted molar refractivity (Wildman–Crippen MR) is 116 cm³/mol. The largest absolute Gasteiger partial charge is 0.348 e. The Labute approximate surface area is 183 Å². The zero-order chi connectivity index (χ0) is 21.0. The van der Waals surface area contributed by atoms with Gasteiger partial charge in [-0.1, -0.05) is 47.5 Å². The average molecular weight is 470 g/mol. The fourth-order valence-corrected chi connectivity index (χ4v) is 5.17. The average Bonchev–Trinajstić information content (AvgIpc) is 3.23. The molecule has 1 amide bonds. The number of rotatable bonds is 7. The second-order valence-electron chi connectivity index (χ2n) is 6.10. The number of carbonyl (C=O) groups excluding carboxylic acids is 1. The molecule has 0 aliphatic rings. The molecular weight excluding hydrogens is 453 g/mol. The van der Waals surface area contributed by atoms with Gasteiger partial charge in [0.25, 0.3) is 10.0 Å². The van der Waals surface area contributed by atoms with Crippen molar-refractivity contribution < 1.29 is 13.2 Å². The van der Waals surface area contributed by atoms with E-state index in [-0.39, 0.29) is 10.0 Å². The number of aromatic nitrogens is 1. The van der Waals surface area contributed by atoms with Crippen LogP contribution < -0.4 is 9.62 Å². The highest BCUT2D eigenvalue weighted by atomic mass is 35.5. The first-order chi connectivity index (χ1) is 13.8. The molecule has 152 valence electrons. The van der Waals surface area contributed by atoms with Gasteiger partial charge in [-0.3, -0.25) is 4.79 Å². The van der Waals surface area contributed by atoms with E-state index in [0.29, 0.717) is 10.0 Å². The zero-order valence-corrected chi connectivity index (χ0v) is 18.4. The summed E-state index contributed by atoms with van der Waals surface area (Å²) >= 11 is 13.1.